The van der Waals surface area contributed by atoms with Crippen LogP contribution in [0.5, 0.6) is 0 Å². The highest BCUT2D eigenvalue weighted by atomic mass is 127. The number of fused-ring (bicyclic) bond motifs is 1. The van der Waals surface area contributed by atoms with Crippen LogP contribution in [0.3, 0.4) is 0 Å². The fraction of sp³-hybridized carbons (Fsp3) is 0.350. The third kappa shape index (κ3) is 5.88. The van der Waals surface area contributed by atoms with Gasteiger partial charge in [-0.2, -0.15) is 0 Å². The van der Waals surface area contributed by atoms with E-state index >= 15 is 0 Å². The number of aliphatic imine (C=N–C) groups is 1. The third-order valence-electron chi connectivity index (χ3n) is 4.21. The summed E-state index contributed by atoms with van der Waals surface area (Å²) in [4.78, 5) is 6.70. The second-order valence-corrected chi connectivity index (χ2v) is 6.37. The summed E-state index contributed by atoms with van der Waals surface area (Å²) in [7, 11) is 1.96. The minimum absolute atomic E-state index is 0. The highest BCUT2D eigenvalue weighted by Gasteiger charge is 2.08. The number of benzene rings is 1. The Kier molecular flexibility index (Phi) is 8.62. The lowest BCUT2D eigenvalue weighted by molar-refractivity contribution is 0.474. The molecule has 0 amide bonds. The predicted octanol–water partition coefficient (Wildman–Crippen LogP) is 3.52. The first-order valence-electron chi connectivity index (χ1n) is 9.20. The Hall–Kier alpha value is -2.23. The summed E-state index contributed by atoms with van der Waals surface area (Å²) in [6.45, 7) is 4.09. The van der Waals surface area contributed by atoms with Crippen LogP contribution in [0.25, 0.3) is 5.65 Å². The Morgan fingerprint density at radius 1 is 1.21 bits per heavy atom. The fourth-order valence-electron chi connectivity index (χ4n) is 2.94. The number of aromatic nitrogens is 3. The number of hydrogen-bond donors (Lipinski definition) is 1. The van der Waals surface area contributed by atoms with Gasteiger partial charge in [0.25, 0.3) is 0 Å². The number of rotatable bonds is 7. The molecule has 2 aromatic heterocycles. The summed E-state index contributed by atoms with van der Waals surface area (Å²) in [5.41, 5.74) is 1.78. The van der Waals surface area contributed by atoms with Gasteiger partial charge in [-0.05, 0) is 43.2 Å². The zero-order chi connectivity index (χ0) is 19.1. The van der Waals surface area contributed by atoms with Crippen LogP contribution in [0.4, 0.5) is 4.39 Å². The molecule has 0 aliphatic heterocycles. The van der Waals surface area contributed by atoms with E-state index in [0.29, 0.717) is 13.1 Å². The van der Waals surface area contributed by atoms with Gasteiger partial charge in [0.2, 0.25) is 0 Å². The van der Waals surface area contributed by atoms with E-state index in [1.54, 1.807) is 12.1 Å². The van der Waals surface area contributed by atoms with Gasteiger partial charge in [0.05, 0.1) is 0 Å². The summed E-state index contributed by atoms with van der Waals surface area (Å²) >= 11 is 0. The van der Waals surface area contributed by atoms with Crippen molar-refractivity contribution in [3.05, 3.63) is 65.9 Å². The average Bonchev–Trinajstić information content (AvgIpc) is 3.07. The lowest BCUT2D eigenvalue weighted by Crippen LogP contribution is -2.38. The van der Waals surface area contributed by atoms with Crippen molar-refractivity contribution < 1.29 is 4.39 Å². The van der Waals surface area contributed by atoms with Gasteiger partial charge in [-0.25, -0.2) is 4.39 Å². The molecule has 0 bridgehead atoms. The van der Waals surface area contributed by atoms with Gasteiger partial charge in [0.1, 0.15) is 11.6 Å². The molecule has 28 heavy (non-hydrogen) atoms. The molecule has 0 saturated heterocycles. The van der Waals surface area contributed by atoms with Gasteiger partial charge >= 0.3 is 0 Å². The van der Waals surface area contributed by atoms with Crippen molar-refractivity contribution in [2.24, 2.45) is 4.99 Å². The van der Waals surface area contributed by atoms with E-state index < -0.39 is 0 Å². The molecule has 0 aliphatic rings. The first-order valence-corrected chi connectivity index (χ1v) is 9.20. The topological polar surface area (TPSA) is 57.8 Å². The smallest absolute Gasteiger partial charge is 0.193 e. The highest BCUT2D eigenvalue weighted by molar-refractivity contribution is 14.0. The standard InChI is InChI=1S/C20H25FN6.HI/c1-3-22-20(26(2)15-16-8-6-9-17(21)14-16)23-12-7-11-19-25-24-18-10-4-5-13-27(18)19;/h4-6,8-10,13-14H,3,7,11-12,15H2,1-2H3,(H,22,23);1H. The molecule has 0 radical (unpaired) electrons. The van der Waals surface area contributed by atoms with Crippen LogP contribution in [0.2, 0.25) is 0 Å². The van der Waals surface area contributed by atoms with Crippen LogP contribution < -0.4 is 5.32 Å². The molecular weight excluding hydrogens is 470 g/mol. The predicted molar refractivity (Wildman–Crippen MR) is 121 cm³/mol. The van der Waals surface area contributed by atoms with E-state index in [1.165, 1.54) is 6.07 Å². The number of halogens is 2. The van der Waals surface area contributed by atoms with Gasteiger partial charge in [-0.1, -0.05) is 18.2 Å². The maximum atomic E-state index is 13.4. The van der Waals surface area contributed by atoms with Crippen molar-refractivity contribution in [1.82, 2.24) is 24.8 Å². The van der Waals surface area contributed by atoms with Crippen molar-refractivity contribution in [3.63, 3.8) is 0 Å². The van der Waals surface area contributed by atoms with E-state index in [1.807, 2.05) is 53.7 Å². The first kappa shape index (κ1) is 22.1. The Labute approximate surface area is 181 Å². The van der Waals surface area contributed by atoms with Crippen molar-refractivity contribution >= 4 is 35.6 Å². The van der Waals surface area contributed by atoms with Crippen LogP contribution in [-0.2, 0) is 13.0 Å². The molecule has 0 fully saturated rings. The van der Waals surface area contributed by atoms with Gasteiger partial charge in [0.15, 0.2) is 11.6 Å². The van der Waals surface area contributed by atoms with Gasteiger partial charge in [-0.15, -0.1) is 34.2 Å². The molecule has 1 aromatic carbocycles. The molecule has 3 rings (SSSR count). The number of aryl methyl sites for hydroxylation is 1. The summed E-state index contributed by atoms with van der Waals surface area (Å²) in [6.07, 6.45) is 3.66. The van der Waals surface area contributed by atoms with Gasteiger partial charge < -0.3 is 10.2 Å². The zero-order valence-electron chi connectivity index (χ0n) is 16.2. The summed E-state index contributed by atoms with van der Waals surface area (Å²) < 4.78 is 15.4. The summed E-state index contributed by atoms with van der Waals surface area (Å²) in [5.74, 6) is 1.54. The number of pyridine rings is 1. The quantitative estimate of drug-likeness (QED) is 0.236. The normalized spacial score (nSPS) is 11.3. The highest BCUT2D eigenvalue weighted by Crippen LogP contribution is 2.07. The molecule has 0 saturated carbocycles. The Morgan fingerprint density at radius 2 is 2.07 bits per heavy atom. The van der Waals surface area contributed by atoms with E-state index in [0.717, 1.165) is 42.4 Å². The van der Waals surface area contributed by atoms with E-state index in [9.17, 15) is 4.39 Å². The second kappa shape index (κ2) is 10.9. The van der Waals surface area contributed by atoms with Crippen LogP contribution in [0.1, 0.15) is 24.7 Å². The minimum atomic E-state index is -0.219. The van der Waals surface area contributed by atoms with Crippen molar-refractivity contribution in [2.45, 2.75) is 26.3 Å². The number of hydrogen-bond acceptors (Lipinski definition) is 3. The minimum Gasteiger partial charge on any atom is -0.357 e. The van der Waals surface area contributed by atoms with Crippen LogP contribution in [-0.4, -0.2) is 45.6 Å². The molecule has 0 spiro atoms. The maximum absolute atomic E-state index is 13.4. The molecule has 0 aliphatic carbocycles. The van der Waals surface area contributed by atoms with Gasteiger partial charge in [-0.3, -0.25) is 9.39 Å². The molecule has 150 valence electrons. The zero-order valence-corrected chi connectivity index (χ0v) is 18.5. The average molecular weight is 496 g/mol. The molecule has 0 unspecified atom stereocenters. The lowest BCUT2D eigenvalue weighted by Gasteiger charge is -2.22. The maximum Gasteiger partial charge on any atom is 0.193 e. The molecule has 1 N–H and O–H groups in total. The van der Waals surface area contributed by atoms with Crippen molar-refractivity contribution in [2.75, 3.05) is 20.1 Å². The van der Waals surface area contributed by atoms with Crippen molar-refractivity contribution in [1.29, 1.82) is 0 Å². The Bertz CT molecular complexity index is 910. The van der Waals surface area contributed by atoms with E-state index in [4.69, 9.17) is 4.99 Å². The SMILES string of the molecule is CCNC(=NCCCc1nnc2ccccn12)N(C)Cc1cccc(F)c1.I. The van der Waals surface area contributed by atoms with Crippen LogP contribution in [0, 0.1) is 5.82 Å². The largest absolute Gasteiger partial charge is 0.357 e. The third-order valence-corrected chi connectivity index (χ3v) is 4.21. The Morgan fingerprint density at radius 3 is 2.86 bits per heavy atom. The van der Waals surface area contributed by atoms with Crippen LogP contribution in [0.15, 0.2) is 53.7 Å². The monoisotopic (exact) mass is 496 g/mol. The molecule has 0 atom stereocenters. The van der Waals surface area contributed by atoms with E-state index in [-0.39, 0.29) is 29.8 Å². The van der Waals surface area contributed by atoms with Gasteiger partial charge in [0, 0.05) is 39.3 Å². The molecular formula is C20H26FIN6. The molecule has 8 heteroatoms. The van der Waals surface area contributed by atoms with Crippen LogP contribution >= 0.6 is 24.0 Å². The molecule has 2 heterocycles. The summed E-state index contributed by atoms with van der Waals surface area (Å²) in [6, 6.07) is 12.5. The second-order valence-electron chi connectivity index (χ2n) is 6.37. The Balaban J connectivity index is 0.00000280. The molecule has 3 aromatic rings. The lowest BCUT2D eigenvalue weighted by atomic mass is 10.2. The molecule has 6 nitrogen and oxygen atoms in total. The number of nitrogens with one attached hydrogen (secondary N) is 1. The number of guanidine groups is 1. The first-order chi connectivity index (χ1) is 13.2. The van der Waals surface area contributed by atoms with E-state index in [2.05, 4.69) is 15.5 Å². The van der Waals surface area contributed by atoms with Crippen molar-refractivity contribution in [3.8, 4) is 0 Å². The number of nitrogens with zero attached hydrogens (tertiary/aromatic N) is 5. The summed E-state index contributed by atoms with van der Waals surface area (Å²) in [5, 5.41) is 11.7. The fourth-order valence-corrected chi connectivity index (χ4v) is 2.94.